The normalized spacial score (nSPS) is 13.9. The number of methoxy groups -OCH3 is 1. The fourth-order valence-corrected chi connectivity index (χ4v) is 7.25. The monoisotopic (exact) mass is 872 g/mol. The molecule has 7 nitrogen and oxygen atoms in total. The van der Waals surface area contributed by atoms with Crippen molar-refractivity contribution in [3.8, 4) is 0 Å². The van der Waals surface area contributed by atoms with Gasteiger partial charge in [0, 0.05) is 26.7 Å². The Bertz CT molecular complexity index is 1070. The Morgan fingerprint density at radius 2 is 1.02 bits per heavy atom. The first-order valence-electron chi connectivity index (χ1n) is 25.9. The lowest BCUT2D eigenvalue weighted by Gasteiger charge is -2.30. The second-order valence-electron chi connectivity index (χ2n) is 18.4. The van der Waals surface area contributed by atoms with Crippen molar-refractivity contribution < 1.29 is 28.5 Å². The number of unbranched alkanes of at least 4 members (excludes halogenated alkanes) is 18. The third-order valence-electron chi connectivity index (χ3n) is 12.1. The predicted molar refractivity (Wildman–Crippen MR) is 266 cm³/mol. The second-order valence-corrected chi connectivity index (χ2v) is 18.4. The Hall–Kier alpha value is -2.22. The molecule has 0 rings (SSSR count). The number of carbonyl (C=O) groups excluding carboxylic acids is 2. The maximum absolute atomic E-state index is 12.9. The predicted octanol–water partition coefficient (Wildman–Crippen LogP) is 15.6. The number of allylic oxidation sites excluding steroid dienone is 8. The molecule has 0 heterocycles. The van der Waals surface area contributed by atoms with Crippen LogP contribution in [-0.2, 0) is 28.5 Å². The van der Waals surface area contributed by atoms with Crippen LogP contribution in [0.5, 0.6) is 0 Å². The number of rotatable bonds is 46. The van der Waals surface area contributed by atoms with Gasteiger partial charge in [-0.15, -0.1) is 0 Å². The van der Waals surface area contributed by atoms with E-state index in [1.807, 2.05) is 0 Å². The molecule has 362 valence electrons. The van der Waals surface area contributed by atoms with Crippen LogP contribution in [-0.4, -0.2) is 62.7 Å². The third-order valence-corrected chi connectivity index (χ3v) is 12.1. The number of hydrogen-bond donors (Lipinski definition) is 1. The van der Waals surface area contributed by atoms with Crippen LogP contribution in [0.4, 0.5) is 0 Å². The minimum atomic E-state index is -0.297. The van der Waals surface area contributed by atoms with E-state index in [9.17, 15) is 9.59 Å². The fourth-order valence-electron chi connectivity index (χ4n) is 7.25. The molecule has 0 aliphatic heterocycles. The molecule has 0 aromatic carbocycles. The van der Waals surface area contributed by atoms with Crippen LogP contribution < -0.4 is 5.32 Å². The topological polar surface area (TPSA) is 83.1 Å². The number of esters is 1. The standard InChI is InChI=1S/C55H101NO6/c1-8-11-13-15-17-19-21-23-25-27-29-31-33-35-37-39-41-51(42-40-38-36-34-32-30-28-26-24-22-20-18-16-14-12-9-2)62-53(58)44-43-52(57)56-47-50-60-48-45-54(4,5)61-49-46-55(6,10-3)59-7/h17-20,23-26,51H,8-16,21-22,27-50H2,1-7H3,(H,56,57). The van der Waals surface area contributed by atoms with Crippen molar-refractivity contribution in [3.05, 3.63) is 48.6 Å². The van der Waals surface area contributed by atoms with E-state index in [4.69, 9.17) is 18.9 Å². The average molecular weight is 872 g/mol. The summed E-state index contributed by atoms with van der Waals surface area (Å²) in [5.74, 6) is -0.397. The Morgan fingerprint density at radius 3 is 1.48 bits per heavy atom. The molecule has 1 N–H and O–H groups in total. The van der Waals surface area contributed by atoms with E-state index in [1.165, 1.54) is 128 Å². The first kappa shape index (κ1) is 59.8. The van der Waals surface area contributed by atoms with Crippen molar-refractivity contribution in [2.75, 3.05) is 33.5 Å². The molecular formula is C55H101NO6. The van der Waals surface area contributed by atoms with Gasteiger partial charge in [0.05, 0.1) is 30.8 Å². The van der Waals surface area contributed by atoms with Crippen LogP contribution >= 0.6 is 0 Å². The Morgan fingerprint density at radius 1 is 0.548 bits per heavy atom. The lowest BCUT2D eigenvalue weighted by molar-refractivity contribution is -0.151. The van der Waals surface area contributed by atoms with E-state index in [-0.39, 0.29) is 42.0 Å². The van der Waals surface area contributed by atoms with Crippen molar-refractivity contribution in [2.45, 2.75) is 258 Å². The van der Waals surface area contributed by atoms with E-state index in [1.54, 1.807) is 7.11 Å². The molecule has 0 aromatic heterocycles. The summed E-state index contributed by atoms with van der Waals surface area (Å²) < 4.78 is 23.5. The Labute approximate surface area is 384 Å². The largest absolute Gasteiger partial charge is 0.462 e. The first-order valence-corrected chi connectivity index (χ1v) is 25.9. The number of nitrogens with one attached hydrogen (secondary N) is 1. The highest BCUT2D eigenvalue weighted by Gasteiger charge is 2.24. The van der Waals surface area contributed by atoms with Gasteiger partial charge in [-0.3, -0.25) is 9.59 Å². The summed E-state index contributed by atoms with van der Waals surface area (Å²) in [5.41, 5.74) is -0.455. The maximum atomic E-state index is 12.9. The van der Waals surface area contributed by atoms with Crippen molar-refractivity contribution >= 4 is 11.9 Å². The van der Waals surface area contributed by atoms with E-state index < -0.39 is 0 Å². The summed E-state index contributed by atoms with van der Waals surface area (Å²) >= 11 is 0. The molecule has 1 atom stereocenters. The smallest absolute Gasteiger partial charge is 0.306 e. The molecule has 7 heteroatoms. The lowest BCUT2D eigenvalue weighted by atomic mass is 9.99. The molecule has 62 heavy (non-hydrogen) atoms. The minimum absolute atomic E-state index is 0.0556. The van der Waals surface area contributed by atoms with Crippen molar-refractivity contribution in [1.82, 2.24) is 5.32 Å². The SMILES string of the molecule is CCCCCC=CCC=CCCCCCCCCC(CCCCCCCCC=CCC=CCCCCC)OC(=O)CCC(=O)NCCOCCC(C)(C)OCCC(C)(CC)OC. The zero-order chi connectivity index (χ0) is 45.7. The van der Waals surface area contributed by atoms with Gasteiger partial charge < -0.3 is 24.3 Å². The summed E-state index contributed by atoms with van der Waals surface area (Å²) in [5, 5.41) is 2.89. The van der Waals surface area contributed by atoms with Gasteiger partial charge in [-0.05, 0) is 130 Å². The second kappa shape index (κ2) is 44.0. The summed E-state index contributed by atoms with van der Waals surface area (Å²) in [4.78, 5) is 25.4. The molecule has 0 spiro atoms. The molecule has 0 fully saturated rings. The van der Waals surface area contributed by atoms with Crippen LogP contribution in [0.25, 0.3) is 0 Å². The zero-order valence-corrected chi connectivity index (χ0v) is 41.9. The summed E-state index contributed by atoms with van der Waals surface area (Å²) in [6, 6.07) is 0. The van der Waals surface area contributed by atoms with Gasteiger partial charge >= 0.3 is 5.97 Å². The van der Waals surface area contributed by atoms with Crippen LogP contribution in [0.15, 0.2) is 48.6 Å². The molecule has 1 unspecified atom stereocenters. The lowest BCUT2D eigenvalue weighted by Crippen LogP contribution is -2.33. The zero-order valence-electron chi connectivity index (χ0n) is 41.9. The van der Waals surface area contributed by atoms with E-state index in [0.29, 0.717) is 26.4 Å². The van der Waals surface area contributed by atoms with Crippen LogP contribution in [0.2, 0.25) is 0 Å². The molecule has 1 amide bonds. The molecule has 0 saturated heterocycles. The summed E-state index contributed by atoms with van der Waals surface area (Å²) in [7, 11) is 1.75. The molecule has 0 aliphatic rings. The van der Waals surface area contributed by atoms with Gasteiger partial charge in [0.2, 0.25) is 5.91 Å². The Kier molecular flexibility index (Phi) is 42.4. The average Bonchev–Trinajstić information content (AvgIpc) is 3.26. The maximum Gasteiger partial charge on any atom is 0.306 e. The van der Waals surface area contributed by atoms with Crippen molar-refractivity contribution in [3.63, 3.8) is 0 Å². The molecular weight excluding hydrogens is 771 g/mol. The number of amides is 1. The summed E-state index contributed by atoms with van der Waals surface area (Å²) in [6.07, 6.45) is 52.5. The quantitative estimate of drug-likeness (QED) is 0.0373. The van der Waals surface area contributed by atoms with Gasteiger partial charge in [-0.1, -0.05) is 146 Å². The highest BCUT2D eigenvalue weighted by Crippen LogP contribution is 2.22. The van der Waals surface area contributed by atoms with Gasteiger partial charge in [0.25, 0.3) is 0 Å². The van der Waals surface area contributed by atoms with Crippen LogP contribution in [0.1, 0.15) is 241 Å². The van der Waals surface area contributed by atoms with E-state index in [0.717, 1.165) is 57.8 Å². The van der Waals surface area contributed by atoms with Gasteiger partial charge in [-0.25, -0.2) is 0 Å². The first-order chi connectivity index (χ1) is 30.1. The molecule has 0 bridgehead atoms. The van der Waals surface area contributed by atoms with E-state index >= 15 is 0 Å². The highest BCUT2D eigenvalue weighted by molar-refractivity contribution is 5.81. The van der Waals surface area contributed by atoms with Gasteiger partial charge in [0.1, 0.15) is 6.10 Å². The molecule has 0 aromatic rings. The fraction of sp³-hybridized carbons (Fsp3) is 0.818. The van der Waals surface area contributed by atoms with Gasteiger partial charge in [0.15, 0.2) is 0 Å². The number of ether oxygens (including phenoxy) is 4. The van der Waals surface area contributed by atoms with Crippen molar-refractivity contribution in [2.24, 2.45) is 0 Å². The summed E-state index contributed by atoms with van der Waals surface area (Å²) in [6.45, 7) is 14.9. The van der Waals surface area contributed by atoms with Crippen molar-refractivity contribution in [1.29, 1.82) is 0 Å². The molecule has 0 radical (unpaired) electrons. The highest BCUT2D eigenvalue weighted by atomic mass is 16.5. The van der Waals surface area contributed by atoms with Gasteiger partial charge in [-0.2, -0.15) is 0 Å². The molecule has 0 aliphatic carbocycles. The Balaban J connectivity index is 4.46. The van der Waals surface area contributed by atoms with Crippen LogP contribution in [0.3, 0.4) is 0 Å². The minimum Gasteiger partial charge on any atom is -0.462 e. The third kappa shape index (κ3) is 41.8. The molecule has 0 saturated carbocycles. The number of hydrogen-bond acceptors (Lipinski definition) is 6. The van der Waals surface area contributed by atoms with E-state index in [2.05, 4.69) is 95.5 Å². The van der Waals surface area contributed by atoms with Crippen LogP contribution in [0, 0.1) is 0 Å². The number of carbonyl (C=O) groups is 2.